The van der Waals surface area contributed by atoms with E-state index in [0.29, 0.717) is 18.5 Å². The molecule has 0 bridgehead atoms. The maximum absolute atomic E-state index is 13.6. The fourth-order valence-electron chi connectivity index (χ4n) is 1.84. The number of carbonyl (C=O) groups is 1. The van der Waals surface area contributed by atoms with Crippen LogP contribution < -0.4 is 4.90 Å². The normalized spacial score (nSPS) is 16.8. The summed E-state index contributed by atoms with van der Waals surface area (Å²) in [6.07, 6.45) is 0.491. The van der Waals surface area contributed by atoms with Gasteiger partial charge in [0.2, 0.25) is 0 Å². The van der Waals surface area contributed by atoms with Crippen LogP contribution >= 0.6 is 0 Å². The Morgan fingerprint density at radius 1 is 1.47 bits per heavy atom. The Balaban J connectivity index is 2.41. The van der Waals surface area contributed by atoms with Crippen LogP contribution in [0.25, 0.3) is 0 Å². The molecule has 90 valence electrons. The van der Waals surface area contributed by atoms with E-state index in [1.54, 1.807) is 12.1 Å². The molecule has 1 heterocycles. The number of para-hydroxylation sites is 1. The molecule has 0 atom stereocenters. The fraction of sp³-hybridized carbons (Fsp3) is 0.333. The summed E-state index contributed by atoms with van der Waals surface area (Å²) in [6.45, 7) is 0.387. The van der Waals surface area contributed by atoms with E-state index in [0.717, 1.165) is 0 Å². The number of benzene rings is 1. The highest BCUT2D eigenvalue weighted by atomic mass is 19.1. The second-order valence-electron chi connectivity index (χ2n) is 3.81. The Bertz CT molecular complexity index is 485. The zero-order chi connectivity index (χ0) is 12.4. The number of carbonyl (C=O) groups excluding carboxylic acids is 1. The largest absolute Gasteiger partial charge is 0.396 e. The quantitative estimate of drug-likeness (QED) is 0.795. The number of fused-ring (bicyclic) bond motifs is 1. The summed E-state index contributed by atoms with van der Waals surface area (Å²) in [5, 5.41) is 8.67. The van der Waals surface area contributed by atoms with E-state index in [1.165, 1.54) is 18.0 Å². The first kappa shape index (κ1) is 11.7. The maximum Gasteiger partial charge on any atom is 0.276 e. The van der Waals surface area contributed by atoms with E-state index in [4.69, 9.17) is 5.11 Å². The number of likely N-dealkylation sites (N-methyl/N-ethyl adjacent to an activating group) is 1. The maximum atomic E-state index is 13.6. The van der Waals surface area contributed by atoms with Crippen molar-refractivity contribution in [3.05, 3.63) is 29.6 Å². The number of rotatable bonds is 3. The van der Waals surface area contributed by atoms with E-state index in [-0.39, 0.29) is 23.9 Å². The topological polar surface area (TPSA) is 52.9 Å². The second kappa shape index (κ2) is 4.63. The molecule has 0 aromatic heterocycles. The third-order valence-corrected chi connectivity index (χ3v) is 2.67. The summed E-state index contributed by atoms with van der Waals surface area (Å²) >= 11 is 0. The molecule has 0 spiro atoms. The number of aliphatic hydroxyl groups is 1. The molecule has 0 saturated heterocycles. The Morgan fingerprint density at radius 2 is 2.24 bits per heavy atom. The molecular weight excluding hydrogens is 223 g/mol. The van der Waals surface area contributed by atoms with E-state index in [2.05, 4.69) is 4.99 Å². The first-order valence-corrected chi connectivity index (χ1v) is 5.39. The van der Waals surface area contributed by atoms with E-state index < -0.39 is 5.82 Å². The van der Waals surface area contributed by atoms with Crippen LogP contribution in [-0.4, -0.2) is 36.9 Å². The molecule has 0 saturated carbocycles. The average molecular weight is 236 g/mol. The summed E-state index contributed by atoms with van der Waals surface area (Å²) in [5.74, 6) is -0.728. The Labute approximate surface area is 98.4 Å². The van der Waals surface area contributed by atoms with Crippen LogP contribution in [0.2, 0.25) is 0 Å². The third-order valence-electron chi connectivity index (χ3n) is 2.67. The van der Waals surface area contributed by atoms with E-state index in [1.807, 2.05) is 0 Å². The van der Waals surface area contributed by atoms with Gasteiger partial charge < -0.3 is 10.0 Å². The second-order valence-corrected chi connectivity index (χ2v) is 3.81. The van der Waals surface area contributed by atoms with Gasteiger partial charge in [0.1, 0.15) is 11.5 Å². The minimum atomic E-state index is -0.425. The molecule has 2 rings (SSSR count). The molecule has 1 N–H and O–H groups in total. The monoisotopic (exact) mass is 236 g/mol. The standard InChI is InChI=1S/C12H13FN2O2/c1-15-11-8(4-2-5-9(11)13)10(12(15)17)14-6-3-7-16/h2,4-5,16H,3,6-7H2,1H3. The molecule has 1 amide bonds. The molecule has 17 heavy (non-hydrogen) atoms. The van der Waals surface area contributed by atoms with Gasteiger partial charge in [0.05, 0.1) is 5.69 Å². The molecule has 1 aromatic carbocycles. The van der Waals surface area contributed by atoms with Gasteiger partial charge in [-0.05, 0) is 12.5 Å². The lowest BCUT2D eigenvalue weighted by Crippen LogP contribution is -2.26. The van der Waals surface area contributed by atoms with Gasteiger partial charge in [-0.15, -0.1) is 0 Å². The number of anilines is 1. The van der Waals surface area contributed by atoms with Crippen molar-refractivity contribution in [2.75, 3.05) is 25.1 Å². The summed E-state index contributed by atoms with van der Waals surface area (Å²) in [4.78, 5) is 17.3. The molecule has 5 heteroatoms. The minimum Gasteiger partial charge on any atom is -0.396 e. The Kier molecular flexibility index (Phi) is 3.19. The smallest absolute Gasteiger partial charge is 0.276 e. The van der Waals surface area contributed by atoms with Crippen molar-refractivity contribution in [1.82, 2.24) is 0 Å². The number of hydrogen-bond donors (Lipinski definition) is 1. The van der Waals surface area contributed by atoms with Crippen molar-refractivity contribution in [2.24, 2.45) is 4.99 Å². The summed E-state index contributed by atoms with van der Waals surface area (Å²) in [6, 6.07) is 4.55. The fourth-order valence-corrected chi connectivity index (χ4v) is 1.84. The predicted octanol–water partition coefficient (Wildman–Crippen LogP) is 0.974. The van der Waals surface area contributed by atoms with Crippen molar-refractivity contribution < 1.29 is 14.3 Å². The van der Waals surface area contributed by atoms with Gasteiger partial charge in [-0.25, -0.2) is 4.39 Å². The van der Waals surface area contributed by atoms with Crippen molar-refractivity contribution in [2.45, 2.75) is 6.42 Å². The van der Waals surface area contributed by atoms with Gasteiger partial charge in [0.15, 0.2) is 0 Å². The molecule has 1 aliphatic rings. The molecule has 0 unspecified atom stereocenters. The minimum absolute atomic E-state index is 0.0246. The number of hydrogen-bond acceptors (Lipinski definition) is 3. The summed E-state index contributed by atoms with van der Waals surface area (Å²) < 4.78 is 13.6. The number of aliphatic imine (C=N–C) groups is 1. The van der Waals surface area contributed by atoms with Gasteiger partial charge >= 0.3 is 0 Å². The van der Waals surface area contributed by atoms with Crippen molar-refractivity contribution in [3.63, 3.8) is 0 Å². The first-order valence-electron chi connectivity index (χ1n) is 5.39. The van der Waals surface area contributed by atoms with Gasteiger partial charge in [-0.3, -0.25) is 9.79 Å². The highest BCUT2D eigenvalue weighted by Crippen LogP contribution is 2.30. The first-order chi connectivity index (χ1) is 8.16. The number of nitrogens with zero attached hydrogens (tertiary/aromatic N) is 2. The average Bonchev–Trinajstić information content (AvgIpc) is 2.55. The summed E-state index contributed by atoms with van der Waals surface area (Å²) in [7, 11) is 1.53. The third kappa shape index (κ3) is 1.93. The van der Waals surface area contributed by atoms with Crippen LogP contribution in [0.4, 0.5) is 10.1 Å². The number of amides is 1. The van der Waals surface area contributed by atoms with E-state index in [9.17, 15) is 9.18 Å². The van der Waals surface area contributed by atoms with Crippen molar-refractivity contribution in [3.8, 4) is 0 Å². The SMILES string of the molecule is CN1C(=O)C(=NCCCO)c2cccc(F)c21. The molecule has 1 aromatic rings. The summed E-state index contributed by atoms with van der Waals surface area (Å²) in [5.41, 5.74) is 1.08. The number of halogens is 1. The van der Waals surface area contributed by atoms with Crippen molar-refractivity contribution in [1.29, 1.82) is 0 Å². The van der Waals surface area contributed by atoms with Crippen LogP contribution in [0.3, 0.4) is 0 Å². The van der Waals surface area contributed by atoms with Crippen LogP contribution in [0.5, 0.6) is 0 Å². The van der Waals surface area contributed by atoms with Gasteiger partial charge in [0.25, 0.3) is 5.91 Å². The van der Waals surface area contributed by atoms with Crippen molar-refractivity contribution >= 4 is 17.3 Å². The van der Waals surface area contributed by atoms with Gasteiger partial charge in [0, 0.05) is 25.8 Å². The molecule has 0 radical (unpaired) electrons. The highest BCUT2D eigenvalue weighted by molar-refractivity contribution is 6.54. The number of aliphatic hydroxyl groups excluding tert-OH is 1. The molecular formula is C12H13FN2O2. The zero-order valence-corrected chi connectivity index (χ0v) is 9.48. The van der Waals surface area contributed by atoms with Crippen LogP contribution in [-0.2, 0) is 4.79 Å². The predicted molar refractivity (Wildman–Crippen MR) is 62.9 cm³/mol. The molecule has 4 nitrogen and oxygen atoms in total. The van der Waals surface area contributed by atoms with Crippen LogP contribution in [0, 0.1) is 5.82 Å². The van der Waals surface area contributed by atoms with Gasteiger partial charge in [-0.2, -0.15) is 0 Å². The van der Waals surface area contributed by atoms with E-state index >= 15 is 0 Å². The Hall–Kier alpha value is -1.75. The van der Waals surface area contributed by atoms with Crippen LogP contribution in [0.15, 0.2) is 23.2 Å². The lowest BCUT2D eigenvalue weighted by atomic mass is 10.1. The van der Waals surface area contributed by atoms with Gasteiger partial charge in [-0.1, -0.05) is 12.1 Å². The molecule has 0 aliphatic carbocycles. The lowest BCUT2D eigenvalue weighted by molar-refractivity contribution is -0.112. The lowest BCUT2D eigenvalue weighted by Gasteiger charge is -2.08. The highest BCUT2D eigenvalue weighted by Gasteiger charge is 2.33. The van der Waals surface area contributed by atoms with Crippen LogP contribution in [0.1, 0.15) is 12.0 Å². The molecule has 0 fully saturated rings. The Morgan fingerprint density at radius 3 is 2.94 bits per heavy atom. The molecule has 1 aliphatic heterocycles. The zero-order valence-electron chi connectivity index (χ0n) is 9.48.